The van der Waals surface area contributed by atoms with E-state index in [1.165, 1.54) is 12.8 Å². The molecule has 0 bridgehead atoms. The molecular formula is C19H28N2O4. The Morgan fingerprint density at radius 1 is 1.20 bits per heavy atom. The number of hydrogen-bond acceptors (Lipinski definition) is 4. The van der Waals surface area contributed by atoms with Gasteiger partial charge in [0, 0.05) is 6.42 Å². The Hall–Kier alpha value is -2.24. The third kappa shape index (κ3) is 6.29. The van der Waals surface area contributed by atoms with Crippen molar-refractivity contribution >= 4 is 11.8 Å². The molecule has 2 N–H and O–H groups in total. The third-order valence-corrected chi connectivity index (χ3v) is 4.45. The standard InChI is InChI=1S/C19H28N2O4/c1-14(21-18(22)13-15-7-3-4-8-15)19(23)20-11-12-25-17-10-6-5-9-16(17)24-2/h5-6,9-10,14-15H,3-4,7-8,11-13H2,1-2H3,(H,20,23)(H,21,22). The molecule has 1 unspecified atom stereocenters. The lowest BCUT2D eigenvalue weighted by Crippen LogP contribution is -2.46. The number of para-hydroxylation sites is 2. The van der Waals surface area contributed by atoms with Gasteiger partial charge in [0.05, 0.1) is 13.7 Å². The van der Waals surface area contributed by atoms with Crippen molar-refractivity contribution in [1.82, 2.24) is 10.6 Å². The Morgan fingerprint density at radius 3 is 2.56 bits per heavy atom. The first-order valence-electron chi connectivity index (χ1n) is 8.93. The van der Waals surface area contributed by atoms with Gasteiger partial charge in [-0.15, -0.1) is 0 Å². The number of carbonyl (C=O) groups excluding carboxylic acids is 2. The predicted molar refractivity (Wildman–Crippen MR) is 95.7 cm³/mol. The lowest BCUT2D eigenvalue weighted by molar-refractivity contribution is -0.129. The minimum absolute atomic E-state index is 0.0418. The number of nitrogens with one attached hydrogen (secondary N) is 2. The van der Waals surface area contributed by atoms with Crippen LogP contribution in [0.3, 0.4) is 0 Å². The van der Waals surface area contributed by atoms with Gasteiger partial charge in [0.1, 0.15) is 12.6 Å². The summed E-state index contributed by atoms with van der Waals surface area (Å²) in [7, 11) is 1.58. The van der Waals surface area contributed by atoms with E-state index in [4.69, 9.17) is 9.47 Å². The van der Waals surface area contributed by atoms with E-state index in [0.29, 0.717) is 37.0 Å². The summed E-state index contributed by atoms with van der Waals surface area (Å²) in [6, 6.07) is 6.81. The molecule has 138 valence electrons. The summed E-state index contributed by atoms with van der Waals surface area (Å²) >= 11 is 0. The maximum absolute atomic E-state index is 12.0. The lowest BCUT2D eigenvalue weighted by atomic mass is 10.0. The van der Waals surface area contributed by atoms with Gasteiger partial charge < -0.3 is 20.1 Å². The van der Waals surface area contributed by atoms with Gasteiger partial charge in [0.2, 0.25) is 11.8 Å². The van der Waals surface area contributed by atoms with Crippen molar-refractivity contribution in [1.29, 1.82) is 0 Å². The second kappa shape index (κ2) is 9.91. The molecular weight excluding hydrogens is 320 g/mol. The van der Waals surface area contributed by atoms with Crippen LogP contribution in [-0.2, 0) is 9.59 Å². The molecule has 6 heteroatoms. The molecule has 1 aliphatic carbocycles. The molecule has 1 aromatic carbocycles. The van der Waals surface area contributed by atoms with Crippen molar-refractivity contribution in [3.63, 3.8) is 0 Å². The molecule has 25 heavy (non-hydrogen) atoms. The van der Waals surface area contributed by atoms with Gasteiger partial charge in [0.15, 0.2) is 11.5 Å². The van der Waals surface area contributed by atoms with Crippen LogP contribution in [0.1, 0.15) is 39.0 Å². The summed E-state index contributed by atoms with van der Waals surface area (Å²) in [5.74, 6) is 1.52. The summed E-state index contributed by atoms with van der Waals surface area (Å²) in [5.41, 5.74) is 0. The van der Waals surface area contributed by atoms with E-state index in [1.807, 2.05) is 24.3 Å². The Balaban J connectivity index is 1.64. The van der Waals surface area contributed by atoms with Crippen LogP contribution < -0.4 is 20.1 Å². The van der Waals surface area contributed by atoms with Gasteiger partial charge in [-0.05, 0) is 37.8 Å². The van der Waals surface area contributed by atoms with Crippen LogP contribution in [0.2, 0.25) is 0 Å². The van der Waals surface area contributed by atoms with E-state index in [1.54, 1.807) is 14.0 Å². The van der Waals surface area contributed by atoms with E-state index in [9.17, 15) is 9.59 Å². The lowest BCUT2D eigenvalue weighted by Gasteiger charge is -2.16. The van der Waals surface area contributed by atoms with E-state index >= 15 is 0 Å². The second-order valence-corrected chi connectivity index (χ2v) is 6.43. The smallest absolute Gasteiger partial charge is 0.242 e. The Kier molecular flexibility index (Phi) is 7.57. The van der Waals surface area contributed by atoms with Gasteiger partial charge in [0.25, 0.3) is 0 Å². The molecule has 0 heterocycles. The molecule has 1 saturated carbocycles. The number of rotatable bonds is 9. The Labute approximate surface area is 149 Å². The van der Waals surface area contributed by atoms with Crippen LogP contribution in [-0.4, -0.2) is 38.1 Å². The summed E-state index contributed by atoms with van der Waals surface area (Å²) in [4.78, 5) is 24.0. The minimum Gasteiger partial charge on any atom is -0.493 e. The number of carbonyl (C=O) groups is 2. The highest BCUT2D eigenvalue weighted by atomic mass is 16.5. The van der Waals surface area contributed by atoms with Crippen molar-refractivity contribution < 1.29 is 19.1 Å². The van der Waals surface area contributed by atoms with Crippen LogP contribution in [0.25, 0.3) is 0 Å². The van der Waals surface area contributed by atoms with Gasteiger partial charge >= 0.3 is 0 Å². The SMILES string of the molecule is COc1ccccc1OCCNC(=O)C(C)NC(=O)CC1CCCC1. The van der Waals surface area contributed by atoms with Gasteiger partial charge in [-0.3, -0.25) is 9.59 Å². The average Bonchev–Trinajstić information content (AvgIpc) is 3.11. The molecule has 0 aromatic heterocycles. The molecule has 0 radical (unpaired) electrons. The summed E-state index contributed by atoms with van der Waals surface area (Å²) < 4.78 is 10.8. The van der Waals surface area contributed by atoms with E-state index in [2.05, 4.69) is 10.6 Å². The fraction of sp³-hybridized carbons (Fsp3) is 0.579. The average molecular weight is 348 g/mol. The molecule has 1 atom stereocenters. The number of amides is 2. The number of ether oxygens (including phenoxy) is 2. The third-order valence-electron chi connectivity index (χ3n) is 4.45. The highest BCUT2D eigenvalue weighted by Gasteiger charge is 2.21. The zero-order chi connectivity index (χ0) is 18.1. The van der Waals surface area contributed by atoms with Crippen LogP contribution in [0.4, 0.5) is 0 Å². The first kappa shape index (κ1) is 19.1. The molecule has 0 aliphatic heterocycles. The highest BCUT2D eigenvalue weighted by Crippen LogP contribution is 2.27. The van der Waals surface area contributed by atoms with E-state index < -0.39 is 6.04 Å². The molecule has 1 fully saturated rings. The van der Waals surface area contributed by atoms with Crippen molar-refractivity contribution in [2.45, 2.75) is 45.1 Å². The Morgan fingerprint density at radius 2 is 1.88 bits per heavy atom. The van der Waals surface area contributed by atoms with Crippen molar-refractivity contribution in [3.8, 4) is 11.5 Å². The van der Waals surface area contributed by atoms with Crippen LogP contribution >= 0.6 is 0 Å². The summed E-state index contributed by atoms with van der Waals surface area (Å²) in [6.45, 7) is 2.39. The van der Waals surface area contributed by atoms with Crippen molar-refractivity contribution in [2.24, 2.45) is 5.92 Å². The van der Waals surface area contributed by atoms with Crippen molar-refractivity contribution in [2.75, 3.05) is 20.3 Å². The van der Waals surface area contributed by atoms with E-state index in [-0.39, 0.29) is 11.8 Å². The first-order valence-corrected chi connectivity index (χ1v) is 8.93. The number of methoxy groups -OCH3 is 1. The van der Waals surface area contributed by atoms with Crippen LogP contribution in [0.5, 0.6) is 11.5 Å². The fourth-order valence-corrected chi connectivity index (χ4v) is 3.07. The maximum atomic E-state index is 12.0. The molecule has 0 spiro atoms. The predicted octanol–water partition coefficient (Wildman–Crippen LogP) is 2.28. The van der Waals surface area contributed by atoms with Gasteiger partial charge in [-0.25, -0.2) is 0 Å². The maximum Gasteiger partial charge on any atom is 0.242 e. The Bertz CT molecular complexity index is 570. The molecule has 6 nitrogen and oxygen atoms in total. The molecule has 2 rings (SSSR count). The van der Waals surface area contributed by atoms with Crippen LogP contribution in [0, 0.1) is 5.92 Å². The molecule has 1 aliphatic rings. The number of benzene rings is 1. The summed E-state index contributed by atoms with van der Waals surface area (Å²) in [5, 5.41) is 5.54. The molecule has 1 aromatic rings. The zero-order valence-corrected chi connectivity index (χ0v) is 15.0. The normalized spacial score (nSPS) is 15.4. The van der Waals surface area contributed by atoms with Gasteiger partial charge in [-0.2, -0.15) is 0 Å². The quantitative estimate of drug-likeness (QED) is 0.671. The molecule has 0 saturated heterocycles. The largest absolute Gasteiger partial charge is 0.493 e. The minimum atomic E-state index is -0.542. The monoisotopic (exact) mass is 348 g/mol. The fourth-order valence-electron chi connectivity index (χ4n) is 3.07. The van der Waals surface area contributed by atoms with Crippen LogP contribution in [0.15, 0.2) is 24.3 Å². The van der Waals surface area contributed by atoms with Crippen molar-refractivity contribution in [3.05, 3.63) is 24.3 Å². The van der Waals surface area contributed by atoms with Gasteiger partial charge in [-0.1, -0.05) is 25.0 Å². The summed E-state index contributed by atoms with van der Waals surface area (Å²) in [6.07, 6.45) is 5.18. The highest BCUT2D eigenvalue weighted by molar-refractivity contribution is 5.87. The second-order valence-electron chi connectivity index (χ2n) is 6.43. The zero-order valence-electron chi connectivity index (χ0n) is 15.0. The first-order chi connectivity index (χ1) is 12.1. The number of hydrogen-bond donors (Lipinski definition) is 2. The topological polar surface area (TPSA) is 76.7 Å². The molecule has 2 amide bonds. The van der Waals surface area contributed by atoms with E-state index in [0.717, 1.165) is 12.8 Å².